The van der Waals surface area contributed by atoms with Crippen LogP contribution in [0.3, 0.4) is 0 Å². The smallest absolute Gasteiger partial charge is 0.0372 e. The van der Waals surface area contributed by atoms with Crippen LogP contribution in [-0.4, -0.2) is 12.1 Å². The van der Waals surface area contributed by atoms with Crippen molar-refractivity contribution in [2.45, 2.75) is 46.6 Å². The lowest BCUT2D eigenvalue weighted by Gasteiger charge is -2.20. The molecule has 0 fully saturated rings. The molecule has 1 rings (SSSR count). The van der Waals surface area contributed by atoms with E-state index in [-0.39, 0.29) is 5.54 Å². The number of rotatable bonds is 4. The van der Waals surface area contributed by atoms with Gasteiger partial charge in [0.15, 0.2) is 0 Å². The first-order chi connectivity index (χ1) is 7.31. The van der Waals surface area contributed by atoms with E-state index in [2.05, 4.69) is 52.1 Å². The van der Waals surface area contributed by atoms with Crippen LogP contribution < -0.4 is 11.1 Å². The lowest BCUT2D eigenvalue weighted by atomic mass is 10.0. The van der Waals surface area contributed by atoms with Crippen molar-refractivity contribution in [1.82, 2.24) is 0 Å². The number of nitrogens with one attached hydrogen (secondary N) is 1. The summed E-state index contributed by atoms with van der Waals surface area (Å²) in [6.07, 6.45) is 0.972. The number of hydrogen-bond acceptors (Lipinski definition) is 2. The monoisotopic (exact) mass is 220 g/mol. The van der Waals surface area contributed by atoms with Crippen LogP contribution in [0.2, 0.25) is 0 Å². The number of nitrogens with two attached hydrogens (primary N) is 1. The van der Waals surface area contributed by atoms with Crippen molar-refractivity contribution >= 4 is 5.69 Å². The van der Waals surface area contributed by atoms with Gasteiger partial charge in [-0.25, -0.2) is 0 Å². The van der Waals surface area contributed by atoms with Crippen LogP contribution in [0.25, 0.3) is 0 Å². The molecule has 2 heteroatoms. The molecule has 0 unspecified atom stereocenters. The van der Waals surface area contributed by atoms with Crippen LogP contribution in [0.1, 0.15) is 37.0 Å². The molecule has 0 bridgehead atoms. The summed E-state index contributed by atoms with van der Waals surface area (Å²) in [4.78, 5) is 0. The molecule has 90 valence electrons. The van der Waals surface area contributed by atoms with Crippen LogP contribution in [0.4, 0.5) is 5.69 Å². The predicted molar refractivity (Wildman–Crippen MR) is 72.0 cm³/mol. The molecular formula is C14H24N2. The Hall–Kier alpha value is -1.02. The fourth-order valence-electron chi connectivity index (χ4n) is 1.67. The molecule has 0 aliphatic rings. The molecule has 0 saturated carbocycles. The van der Waals surface area contributed by atoms with Gasteiger partial charge < -0.3 is 11.1 Å². The quantitative estimate of drug-likeness (QED) is 0.818. The summed E-state index contributed by atoms with van der Waals surface area (Å²) in [6, 6.07) is 4.32. The molecule has 2 nitrogen and oxygen atoms in total. The summed E-state index contributed by atoms with van der Waals surface area (Å²) in [7, 11) is 0. The maximum absolute atomic E-state index is 5.95. The molecule has 0 heterocycles. The van der Waals surface area contributed by atoms with Gasteiger partial charge in [-0.2, -0.15) is 0 Å². The molecule has 0 aromatic heterocycles. The van der Waals surface area contributed by atoms with Crippen LogP contribution in [-0.2, 0) is 0 Å². The molecule has 1 aromatic rings. The summed E-state index contributed by atoms with van der Waals surface area (Å²) < 4.78 is 0. The standard InChI is InChI=1S/C14H24N2/c1-10-6-7-13(12(3)11(10)2)16-9-8-14(4,5)15/h6-7,16H,8-9,15H2,1-5H3. The molecule has 1 aromatic carbocycles. The summed E-state index contributed by atoms with van der Waals surface area (Å²) in [5, 5.41) is 3.46. The predicted octanol–water partition coefficient (Wildman–Crippen LogP) is 3.15. The largest absolute Gasteiger partial charge is 0.385 e. The van der Waals surface area contributed by atoms with Gasteiger partial charge in [0.2, 0.25) is 0 Å². The summed E-state index contributed by atoms with van der Waals surface area (Å²) >= 11 is 0. The third-order valence-electron chi connectivity index (χ3n) is 3.14. The Kier molecular flexibility index (Phi) is 3.98. The summed E-state index contributed by atoms with van der Waals surface area (Å²) in [6.45, 7) is 11.5. The highest BCUT2D eigenvalue weighted by atomic mass is 14.9. The van der Waals surface area contributed by atoms with Crippen LogP contribution in [0.15, 0.2) is 12.1 Å². The van der Waals surface area contributed by atoms with Gasteiger partial charge in [-0.1, -0.05) is 6.07 Å². The zero-order valence-electron chi connectivity index (χ0n) is 11.1. The molecule has 0 aliphatic heterocycles. The van der Waals surface area contributed by atoms with Gasteiger partial charge in [-0.15, -0.1) is 0 Å². The number of benzene rings is 1. The second kappa shape index (κ2) is 4.88. The van der Waals surface area contributed by atoms with Gasteiger partial charge in [0.25, 0.3) is 0 Å². The molecule has 0 amide bonds. The van der Waals surface area contributed by atoms with E-state index in [1.54, 1.807) is 0 Å². The van der Waals surface area contributed by atoms with E-state index >= 15 is 0 Å². The number of aryl methyl sites for hydroxylation is 1. The van der Waals surface area contributed by atoms with E-state index in [0.29, 0.717) is 0 Å². The number of hydrogen-bond donors (Lipinski definition) is 2. The second-order valence-corrected chi connectivity index (χ2v) is 5.35. The van der Waals surface area contributed by atoms with Crippen LogP contribution in [0.5, 0.6) is 0 Å². The topological polar surface area (TPSA) is 38.0 Å². The highest BCUT2D eigenvalue weighted by Gasteiger charge is 2.10. The van der Waals surface area contributed by atoms with Crippen molar-refractivity contribution in [1.29, 1.82) is 0 Å². The van der Waals surface area contributed by atoms with E-state index in [9.17, 15) is 0 Å². The maximum atomic E-state index is 5.95. The van der Waals surface area contributed by atoms with E-state index in [1.165, 1.54) is 22.4 Å². The number of anilines is 1. The van der Waals surface area contributed by atoms with Gasteiger partial charge in [-0.05, 0) is 63.8 Å². The zero-order valence-corrected chi connectivity index (χ0v) is 11.1. The van der Waals surface area contributed by atoms with Gasteiger partial charge >= 0.3 is 0 Å². The normalized spacial score (nSPS) is 11.6. The minimum absolute atomic E-state index is 0.0966. The molecule has 0 aliphatic carbocycles. The molecule has 3 N–H and O–H groups in total. The second-order valence-electron chi connectivity index (χ2n) is 5.35. The summed E-state index contributed by atoms with van der Waals surface area (Å²) in [5.41, 5.74) is 11.1. The van der Waals surface area contributed by atoms with Gasteiger partial charge in [0.05, 0.1) is 0 Å². The minimum Gasteiger partial charge on any atom is -0.385 e. The van der Waals surface area contributed by atoms with E-state index in [0.717, 1.165) is 13.0 Å². The van der Waals surface area contributed by atoms with Crippen molar-refractivity contribution in [3.05, 3.63) is 28.8 Å². The zero-order chi connectivity index (χ0) is 12.3. The van der Waals surface area contributed by atoms with Crippen molar-refractivity contribution < 1.29 is 0 Å². The van der Waals surface area contributed by atoms with E-state index < -0.39 is 0 Å². The Morgan fingerprint density at radius 3 is 2.31 bits per heavy atom. The third-order valence-corrected chi connectivity index (χ3v) is 3.14. The fourth-order valence-corrected chi connectivity index (χ4v) is 1.67. The average Bonchev–Trinajstić information content (AvgIpc) is 2.16. The van der Waals surface area contributed by atoms with Crippen LogP contribution >= 0.6 is 0 Å². The Labute approximate surface area is 99.2 Å². The van der Waals surface area contributed by atoms with E-state index in [4.69, 9.17) is 5.73 Å². The van der Waals surface area contributed by atoms with Crippen molar-refractivity contribution in [2.75, 3.05) is 11.9 Å². The highest BCUT2D eigenvalue weighted by Crippen LogP contribution is 2.21. The fraction of sp³-hybridized carbons (Fsp3) is 0.571. The van der Waals surface area contributed by atoms with E-state index in [1.807, 2.05) is 0 Å². The minimum atomic E-state index is -0.0966. The molecule has 0 radical (unpaired) electrons. The SMILES string of the molecule is Cc1ccc(NCCC(C)(C)N)c(C)c1C. The molecular weight excluding hydrogens is 196 g/mol. The van der Waals surface area contributed by atoms with Gasteiger partial charge in [0, 0.05) is 17.8 Å². The van der Waals surface area contributed by atoms with Gasteiger partial charge in [-0.3, -0.25) is 0 Å². The molecule has 16 heavy (non-hydrogen) atoms. The maximum Gasteiger partial charge on any atom is 0.0372 e. The Morgan fingerprint density at radius 1 is 1.12 bits per heavy atom. The first-order valence-electron chi connectivity index (χ1n) is 5.91. The summed E-state index contributed by atoms with van der Waals surface area (Å²) in [5.74, 6) is 0. The molecule has 0 spiro atoms. The lowest BCUT2D eigenvalue weighted by Crippen LogP contribution is -2.34. The Balaban J connectivity index is 2.65. The third kappa shape index (κ3) is 3.53. The van der Waals surface area contributed by atoms with Gasteiger partial charge in [0.1, 0.15) is 0 Å². The molecule has 0 atom stereocenters. The Morgan fingerprint density at radius 2 is 1.75 bits per heavy atom. The average molecular weight is 220 g/mol. The van der Waals surface area contributed by atoms with Crippen molar-refractivity contribution in [3.8, 4) is 0 Å². The first-order valence-corrected chi connectivity index (χ1v) is 5.91. The highest BCUT2D eigenvalue weighted by molar-refractivity contribution is 5.55. The molecule has 0 saturated heterocycles. The first kappa shape index (κ1) is 13.0. The van der Waals surface area contributed by atoms with Crippen molar-refractivity contribution in [2.24, 2.45) is 5.73 Å². The van der Waals surface area contributed by atoms with Crippen molar-refractivity contribution in [3.63, 3.8) is 0 Å². The lowest BCUT2D eigenvalue weighted by molar-refractivity contribution is 0.491. The van der Waals surface area contributed by atoms with Crippen LogP contribution in [0, 0.1) is 20.8 Å². The Bertz CT molecular complexity index is 362.